The molecule has 0 radical (unpaired) electrons. The minimum absolute atomic E-state index is 0.452. The van der Waals surface area contributed by atoms with Crippen LogP contribution >= 0.6 is 0 Å². The summed E-state index contributed by atoms with van der Waals surface area (Å²) in [5.41, 5.74) is 1.24. The lowest BCUT2D eigenvalue weighted by Crippen LogP contribution is -2.09. The fourth-order valence-electron chi connectivity index (χ4n) is 2.72. The lowest BCUT2D eigenvalue weighted by molar-refractivity contribution is 0.101. The van der Waals surface area contributed by atoms with Gasteiger partial charge < -0.3 is 14.0 Å². The number of hydrogen-bond acceptors (Lipinski definition) is 2. The van der Waals surface area contributed by atoms with E-state index in [1.165, 1.54) is 23.7 Å². The molecule has 1 aliphatic rings. The van der Waals surface area contributed by atoms with Gasteiger partial charge in [-0.1, -0.05) is 6.07 Å². The molecule has 18 heavy (non-hydrogen) atoms. The monoisotopic (exact) mass is 245 g/mol. The average molecular weight is 245 g/mol. The molecule has 0 saturated carbocycles. The summed E-state index contributed by atoms with van der Waals surface area (Å²) in [5.74, 6) is 0.948. The van der Waals surface area contributed by atoms with Crippen molar-refractivity contribution in [2.45, 2.75) is 31.9 Å². The second kappa shape index (κ2) is 5.02. The molecule has 96 valence electrons. The summed E-state index contributed by atoms with van der Waals surface area (Å²) >= 11 is 0. The Kier molecular flexibility index (Phi) is 3.24. The van der Waals surface area contributed by atoms with E-state index in [4.69, 9.17) is 9.47 Å². The smallest absolute Gasteiger partial charge is 0.128 e. The molecule has 1 aromatic heterocycles. The Labute approximate surface area is 107 Å². The Morgan fingerprint density at radius 3 is 3.11 bits per heavy atom. The zero-order chi connectivity index (χ0) is 12.4. The third-order valence-corrected chi connectivity index (χ3v) is 3.71. The molecule has 1 saturated heterocycles. The predicted molar refractivity (Wildman–Crippen MR) is 72.1 cm³/mol. The highest BCUT2D eigenvalue weighted by Gasteiger charge is 2.15. The highest BCUT2D eigenvalue weighted by Crippen LogP contribution is 2.27. The number of methoxy groups -OCH3 is 1. The van der Waals surface area contributed by atoms with Crippen molar-refractivity contribution < 1.29 is 9.47 Å². The van der Waals surface area contributed by atoms with Crippen LogP contribution < -0.4 is 4.74 Å². The quantitative estimate of drug-likeness (QED) is 0.825. The van der Waals surface area contributed by atoms with Gasteiger partial charge in [0.1, 0.15) is 5.75 Å². The van der Waals surface area contributed by atoms with E-state index in [-0.39, 0.29) is 0 Å². The zero-order valence-corrected chi connectivity index (χ0v) is 10.8. The van der Waals surface area contributed by atoms with Gasteiger partial charge in [0.2, 0.25) is 0 Å². The number of hydrogen-bond donors (Lipinski definition) is 0. The van der Waals surface area contributed by atoms with Gasteiger partial charge in [-0.25, -0.2) is 0 Å². The molecule has 0 spiro atoms. The van der Waals surface area contributed by atoms with Gasteiger partial charge in [0.15, 0.2) is 0 Å². The van der Waals surface area contributed by atoms with E-state index in [1.54, 1.807) is 7.11 Å². The molecule has 1 fully saturated rings. The minimum atomic E-state index is 0.452. The fraction of sp³-hybridized carbons (Fsp3) is 0.467. The maximum atomic E-state index is 5.67. The topological polar surface area (TPSA) is 23.4 Å². The molecule has 1 aromatic carbocycles. The summed E-state index contributed by atoms with van der Waals surface area (Å²) in [6.07, 6.45) is 6.12. The van der Waals surface area contributed by atoms with Gasteiger partial charge in [-0.2, -0.15) is 0 Å². The Balaban J connectivity index is 1.79. The molecule has 1 unspecified atom stereocenters. The highest BCUT2D eigenvalue weighted by atomic mass is 16.5. The van der Waals surface area contributed by atoms with Gasteiger partial charge in [0.05, 0.1) is 18.7 Å². The number of aryl methyl sites for hydroxylation is 1. The van der Waals surface area contributed by atoms with Crippen molar-refractivity contribution in [3.8, 4) is 5.75 Å². The van der Waals surface area contributed by atoms with Crippen LogP contribution in [0.2, 0.25) is 0 Å². The van der Waals surface area contributed by atoms with Crippen molar-refractivity contribution in [3.05, 3.63) is 30.5 Å². The van der Waals surface area contributed by atoms with Crippen LogP contribution in [-0.2, 0) is 11.3 Å². The van der Waals surface area contributed by atoms with E-state index >= 15 is 0 Å². The molecule has 0 aliphatic carbocycles. The van der Waals surface area contributed by atoms with Crippen molar-refractivity contribution in [2.75, 3.05) is 13.7 Å². The zero-order valence-electron chi connectivity index (χ0n) is 10.8. The molecule has 0 bridgehead atoms. The van der Waals surface area contributed by atoms with Crippen molar-refractivity contribution in [1.29, 1.82) is 0 Å². The van der Waals surface area contributed by atoms with Gasteiger partial charge in [0, 0.05) is 24.7 Å². The molecule has 1 aliphatic heterocycles. The molecule has 2 heterocycles. The first-order valence-electron chi connectivity index (χ1n) is 6.62. The Morgan fingerprint density at radius 1 is 1.39 bits per heavy atom. The molecule has 3 heteroatoms. The maximum Gasteiger partial charge on any atom is 0.128 e. The first-order valence-corrected chi connectivity index (χ1v) is 6.62. The fourth-order valence-corrected chi connectivity index (χ4v) is 2.72. The molecule has 3 rings (SSSR count). The minimum Gasteiger partial charge on any atom is -0.496 e. The lowest BCUT2D eigenvalue weighted by atomic mass is 10.2. The van der Waals surface area contributed by atoms with Crippen LogP contribution in [0.3, 0.4) is 0 Å². The van der Waals surface area contributed by atoms with Crippen LogP contribution in [0.25, 0.3) is 10.9 Å². The second-order valence-electron chi connectivity index (χ2n) is 4.83. The normalized spacial score (nSPS) is 19.5. The third-order valence-electron chi connectivity index (χ3n) is 3.71. The number of aromatic nitrogens is 1. The number of rotatable bonds is 4. The van der Waals surface area contributed by atoms with Crippen LogP contribution in [0.15, 0.2) is 30.5 Å². The molecule has 0 amide bonds. The molecule has 1 atom stereocenters. The number of benzene rings is 1. The van der Waals surface area contributed by atoms with E-state index in [0.29, 0.717) is 6.10 Å². The van der Waals surface area contributed by atoms with Crippen LogP contribution in [0.5, 0.6) is 5.75 Å². The van der Waals surface area contributed by atoms with Gasteiger partial charge in [-0.15, -0.1) is 0 Å². The van der Waals surface area contributed by atoms with Gasteiger partial charge >= 0.3 is 0 Å². The van der Waals surface area contributed by atoms with Crippen LogP contribution in [0, 0.1) is 0 Å². The standard InChI is InChI=1S/C15H19NO2/c1-17-15-6-2-5-14-13(15)8-10-16(14)9-7-12-4-3-11-18-12/h2,5-6,8,10,12H,3-4,7,9,11H2,1H3. The van der Waals surface area contributed by atoms with E-state index < -0.39 is 0 Å². The largest absolute Gasteiger partial charge is 0.496 e. The van der Waals surface area contributed by atoms with Crippen molar-refractivity contribution >= 4 is 10.9 Å². The van der Waals surface area contributed by atoms with Crippen LogP contribution in [0.4, 0.5) is 0 Å². The summed E-state index contributed by atoms with van der Waals surface area (Å²) in [6, 6.07) is 8.33. The Hall–Kier alpha value is -1.48. The van der Waals surface area contributed by atoms with Crippen LogP contribution in [-0.4, -0.2) is 24.4 Å². The van der Waals surface area contributed by atoms with Crippen molar-refractivity contribution in [1.82, 2.24) is 4.57 Å². The van der Waals surface area contributed by atoms with Crippen molar-refractivity contribution in [3.63, 3.8) is 0 Å². The molecule has 2 aromatic rings. The number of fused-ring (bicyclic) bond motifs is 1. The van der Waals surface area contributed by atoms with Gasteiger partial charge in [-0.3, -0.25) is 0 Å². The van der Waals surface area contributed by atoms with E-state index in [0.717, 1.165) is 25.3 Å². The molecule has 0 N–H and O–H groups in total. The summed E-state index contributed by atoms with van der Waals surface area (Å²) in [7, 11) is 1.72. The predicted octanol–water partition coefficient (Wildman–Crippen LogP) is 3.22. The number of ether oxygens (including phenoxy) is 2. The average Bonchev–Trinajstić information content (AvgIpc) is 3.05. The second-order valence-corrected chi connectivity index (χ2v) is 4.83. The molecular formula is C15H19NO2. The maximum absolute atomic E-state index is 5.67. The summed E-state index contributed by atoms with van der Waals surface area (Å²) in [4.78, 5) is 0. The summed E-state index contributed by atoms with van der Waals surface area (Å²) in [5, 5.41) is 1.19. The van der Waals surface area contributed by atoms with E-state index in [2.05, 4.69) is 22.9 Å². The summed E-state index contributed by atoms with van der Waals surface area (Å²) < 4.78 is 13.3. The molecular weight excluding hydrogens is 226 g/mol. The molecule has 3 nitrogen and oxygen atoms in total. The highest BCUT2D eigenvalue weighted by molar-refractivity contribution is 5.86. The van der Waals surface area contributed by atoms with Gasteiger partial charge in [0.25, 0.3) is 0 Å². The lowest BCUT2D eigenvalue weighted by Gasteiger charge is -2.11. The first-order chi connectivity index (χ1) is 8.88. The van der Waals surface area contributed by atoms with Crippen LogP contribution in [0.1, 0.15) is 19.3 Å². The first kappa shape index (κ1) is 11.6. The Morgan fingerprint density at radius 2 is 2.33 bits per heavy atom. The third kappa shape index (κ3) is 2.10. The summed E-state index contributed by atoms with van der Waals surface area (Å²) in [6.45, 7) is 1.95. The SMILES string of the molecule is COc1cccc2c1ccn2CCC1CCCO1. The van der Waals surface area contributed by atoms with Gasteiger partial charge in [-0.05, 0) is 37.5 Å². The van der Waals surface area contributed by atoms with E-state index in [9.17, 15) is 0 Å². The van der Waals surface area contributed by atoms with Crippen molar-refractivity contribution in [2.24, 2.45) is 0 Å². The Bertz CT molecular complexity index is 526. The number of nitrogens with zero attached hydrogens (tertiary/aromatic N) is 1. The van der Waals surface area contributed by atoms with E-state index in [1.807, 2.05) is 12.1 Å².